The number of rotatable bonds is 6. The predicted molar refractivity (Wildman–Crippen MR) is 83.5 cm³/mol. The van der Waals surface area contributed by atoms with E-state index in [4.69, 9.17) is 4.74 Å². The van der Waals surface area contributed by atoms with Crippen LogP contribution in [0.5, 0.6) is 5.75 Å². The van der Waals surface area contributed by atoms with Crippen molar-refractivity contribution in [2.75, 3.05) is 19.7 Å². The van der Waals surface area contributed by atoms with Gasteiger partial charge < -0.3 is 15.4 Å². The van der Waals surface area contributed by atoms with Gasteiger partial charge in [-0.05, 0) is 44.7 Å². The van der Waals surface area contributed by atoms with Crippen LogP contribution >= 0.6 is 0 Å². The van der Waals surface area contributed by atoms with Gasteiger partial charge in [-0.3, -0.25) is 0 Å². The maximum atomic E-state index is 5.85. The van der Waals surface area contributed by atoms with E-state index in [0.717, 1.165) is 18.3 Å². The topological polar surface area (TPSA) is 45.7 Å². The summed E-state index contributed by atoms with van der Waals surface area (Å²) in [5.41, 5.74) is 2.36. The maximum Gasteiger partial charge on any atom is 0.191 e. The molecule has 110 valence electrons. The van der Waals surface area contributed by atoms with Crippen LogP contribution in [0.2, 0.25) is 0 Å². The number of para-hydroxylation sites is 1. The van der Waals surface area contributed by atoms with E-state index >= 15 is 0 Å². The second kappa shape index (κ2) is 7.17. The lowest BCUT2D eigenvalue weighted by molar-refractivity contribution is 0.324. The van der Waals surface area contributed by atoms with Gasteiger partial charge in [0, 0.05) is 12.6 Å². The Bertz CT molecular complexity index is 447. The zero-order valence-electron chi connectivity index (χ0n) is 12.7. The number of benzene rings is 1. The Morgan fingerprint density at radius 3 is 2.60 bits per heavy atom. The van der Waals surface area contributed by atoms with Crippen LogP contribution in [-0.4, -0.2) is 31.7 Å². The lowest BCUT2D eigenvalue weighted by Gasteiger charge is -2.12. The van der Waals surface area contributed by atoms with E-state index in [2.05, 4.69) is 54.6 Å². The molecule has 0 radical (unpaired) electrons. The molecular formula is C16H25N3O. The highest BCUT2D eigenvalue weighted by Crippen LogP contribution is 2.22. The van der Waals surface area contributed by atoms with Gasteiger partial charge in [0.25, 0.3) is 0 Å². The zero-order chi connectivity index (χ0) is 14.4. The molecule has 1 saturated carbocycles. The number of nitrogens with one attached hydrogen (secondary N) is 2. The molecule has 1 aromatic carbocycles. The van der Waals surface area contributed by atoms with Crippen LogP contribution in [0.4, 0.5) is 0 Å². The highest BCUT2D eigenvalue weighted by atomic mass is 16.5. The third kappa shape index (κ3) is 4.44. The van der Waals surface area contributed by atoms with E-state index < -0.39 is 0 Å². The number of guanidine groups is 1. The molecule has 0 spiro atoms. The number of hydrogen-bond acceptors (Lipinski definition) is 2. The van der Waals surface area contributed by atoms with Crippen molar-refractivity contribution in [2.24, 2.45) is 4.99 Å². The van der Waals surface area contributed by atoms with Gasteiger partial charge in [0.05, 0.1) is 6.54 Å². The Kier molecular flexibility index (Phi) is 5.27. The average Bonchev–Trinajstić information content (AvgIpc) is 3.21. The lowest BCUT2D eigenvalue weighted by atomic mass is 10.1. The molecule has 0 unspecified atom stereocenters. The fourth-order valence-electron chi connectivity index (χ4n) is 2.07. The van der Waals surface area contributed by atoms with Crippen LogP contribution in [-0.2, 0) is 0 Å². The van der Waals surface area contributed by atoms with E-state index in [1.807, 2.05) is 0 Å². The monoisotopic (exact) mass is 275 g/mol. The Hall–Kier alpha value is -1.71. The van der Waals surface area contributed by atoms with Gasteiger partial charge in [-0.1, -0.05) is 18.2 Å². The summed E-state index contributed by atoms with van der Waals surface area (Å²) >= 11 is 0. The molecule has 0 aromatic heterocycles. The number of aryl methyl sites for hydroxylation is 2. The lowest BCUT2D eigenvalue weighted by Crippen LogP contribution is -2.38. The van der Waals surface area contributed by atoms with Gasteiger partial charge in [-0.25, -0.2) is 4.99 Å². The molecule has 20 heavy (non-hydrogen) atoms. The van der Waals surface area contributed by atoms with E-state index in [9.17, 15) is 0 Å². The average molecular weight is 275 g/mol. The summed E-state index contributed by atoms with van der Waals surface area (Å²) in [6.45, 7) is 8.38. The van der Waals surface area contributed by atoms with E-state index in [1.54, 1.807) is 0 Å². The molecule has 0 amide bonds. The van der Waals surface area contributed by atoms with Gasteiger partial charge >= 0.3 is 0 Å². The summed E-state index contributed by atoms with van der Waals surface area (Å²) < 4.78 is 5.85. The summed E-state index contributed by atoms with van der Waals surface area (Å²) in [6, 6.07) is 6.82. The minimum Gasteiger partial charge on any atom is -0.491 e. The first-order valence-corrected chi connectivity index (χ1v) is 7.44. The molecule has 0 aliphatic heterocycles. The minimum absolute atomic E-state index is 0.604. The normalized spacial score (nSPS) is 15.1. The smallest absolute Gasteiger partial charge is 0.191 e. The highest BCUT2D eigenvalue weighted by Gasteiger charge is 2.21. The fourth-order valence-corrected chi connectivity index (χ4v) is 2.07. The number of ether oxygens (including phenoxy) is 1. The largest absolute Gasteiger partial charge is 0.491 e. The van der Waals surface area contributed by atoms with E-state index in [0.29, 0.717) is 19.2 Å². The van der Waals surface area contributed by atoms with Crippen LogP contribution in [0, 0.1) is 13.8 Å². The van der Waals surface area contributed by atoms with Crippen molar-refractivity contribution in [3.63, 3.8) is 0 Å². The van der Waals surface area contributed by atoms with Crippen molar-refractivity contribution in [2.45, 2.75) is 39.7 Å². The number of nitrogens with zero attached hydrogens (tertiary/aromatic N) is 1. The van der Waals surface area contributed by atoms with Crippen molar-refractivity contribution in [1.82, 2.24) is 10.6 Å². The van der Waals surface area contributed by atoms with Crippen LogP contribution < -0.4 is 15.4 Å². The molecule has 0 saturated heterocycles. The molecular weight excluding hydrogens is 250 g/mol. The summed E-state index contributed by atoms with van der Waals surface area (Å²) in [4.78, 5) is 4.54. The van der Waals surface area contributed by atoms with Gasteiger partial charge in [0.2, 0.25) is 0 Å². The SMILES string of the molecule is CCNC(=NCCOc1c(C)cccc1C)NC1CC1. The van der Waals surface area contributed by atoms with Crippen molar-refractivity contribution >= 4 is 5.96 Å². The minimum atomic E-state index is 0.604. The fraction of sp³-hybridized carbons (Fsp3) is 0.562. The molecule has 0 heterocycles. The first-order valence-electron chi connectivity index (χ1n) is 7.44. The van der Waals surface area contributed by atoms with Crippen LogP contribution in [0.15, 0.2) is 23.2 Å². The Labute approximate surface area is 121 Å². The first kappa shape index (κ1) is 14.7. The summed E-state index contributed by atoms with van der Waals surface area (Å²) in [5, 5.41) is 6.66. The Morgan fingerprint density at radius 1 is 1.30 bits per heavy atom. The van der Waals surface area contributed by atoms with Crippen molar-refractivity contribution in [3.8, 4) is 5.75 Å². The van der Waals surface area contributed by atoms with Crippen molar-refractivity contribution in [3.05, 3.63) is 29.3 Å². The molecule has 2 rings (SSSR count). The predicted octanol–water partition coefficient (Wildman–Crippen LogP) is 2.40. The molecule has 0 bridgehead atoms. The molecule has 0 atom stereocenters. The third-order valence-corrected chi connectivity index (χ3v) is 3.28. The zero-order valence-corrected chi connectivity index (χ0v) is 12.7. The van der Waals surface area contributed by atoms with E-state index in [-0.39, 0.29) is 0 Å². The summed E-state index contributed by atoms with van der Waals surface area (Å²) in [6.07, 6.45) is 2.51. The van der Waals surface area contributed by atoms with Crippen LogP contribution in [0.1, 0.15) is 30.9 Å². The van der Waals surface area contributed by atoms with Crippen LogP contribution in [0.25, 0.3) is 0 Å². The molecule has 2 N–H and O–H groups in total. The van der Waals surface area contributed by atoms with Gasteiger partial charge in [0.15, 0.2) is 5.96 Å². The Balaban J connectivity index is 1.81. The second-order valence-corrected chi connectivity index (χ2v) is 5.25. The first-order chi connectivity index (χ1) is 9.70. The van der Waals surface area contributed by atoms with Crippen LogP contribution in [0.3, 0.4) is 0 Å². The summed E-state index contributed by atoms with van der Waals surface area (Å²) in [7, 11) is 0. The van der Waals surface area contributed by atoms with Gasteiger partial charge in [-0.2, -0.15) is 0 Å². The second-order valence-electron chi connectivity index (χ2n) is 5.25. The number of hydrogen-bond donors (Lipinski definition) is 2. The van der Waals surface area contributed by atoms with E-state index in [1.165, 1.54) is 24.0 Å². The maximum absolute atomic E-state index is 5.85. The van der Waals surface area contributed by atoms with Crippen molar-refractivity contribution in [1.29, 1.82) is 0 Å². The van der Waals surface area contributed by atoms with Gasteiger partial charge in [0.1, 0.15) is 12.4 Å². The molecule has 1 aromatic rings. The molecule has 4 heteroatoms. The van der Waals surface area contributed by atoms with Gasteiger partial charge in [-0.15, -0.1) is 0 Å². The Morgan fingerprint density at radius 2 is 2.00 bits per heavy atom. The standard InChI is InChI=1S/C16H25N3O/c1-4-17-16(19-14-8-9-14)18-10-11-20-15-12(2)6-5-7-13(15)3/h5-7,14H,4,8-11H2,1-3H3,(H2,17,18,19). The molecule has 1 aliphatic rings. The van der Waals surface area contributed by atoms with Crippen molar-refractivity contribution < 1.29 is 4.74 Å². The quantitative estimate of drug-likeness (QED) is 0.476. The third-order valence-electron chi connectivity index (χ3n) is 3.28. The molecule has 4 nitrogen and oxygen atoms in total. The highest BCUT2D eigenvalue weighted by molar-refractivity contribution is 5.80. The number of aliphatic imine (C=N–C) groups is 1. The molecule has 1 aliphatic carbocycles. The summed E-state index contributed by atoms with van der Waals surface area (Å²) in [5.74, 6) is 1.89. The molecule has 1 fully saturated rings.